The summed E-state index contributed by atoms with van der Waals surface area (Å²) in [6.45, 7) is 6.37. The van der Waals surface area contributed by atoms with E-state index >= 15 is 0 Å². The minimum atomic E-state index is -0.440. The summed E-state index contributed by atoms with van der Waals surface area (Å²) in [6, 6.07) is 14.9. The lowest BCUT2D eigenvalue weighted by atomic mass is 9.94. The van der Waals surface area contributed by atoms with Crippen molar-refractivity contribution in [1.29, 1.82) is 0 Å². The van der Waals surface area contributed by atoms with E-state index < -0.39 is 5.41 Å². The van der Waals surface area contributed by atoms with Crippen molar-refractivity contribution in [2.75, 3.05) is 23.4 Å². The van der Waals surface area contributed by atoms with E-state index in [1.165, 1.54) is 0 Å². The van der Waals surface area contributed by atoms with E-state index in [9.17, 15) is 9.59 Å². The molecule has 1 heterocycles. The van der Waals surface area contributed by atoms with Gasteiger partial charge in [0.05, 0.1) is 0 Å². The fourth-order valence-corrected chi connectivity index (χ4v) is 2.94. The second-order valence-electron chi connectivity index (χ2n) is 7.45. The van der Waals surface area contributed by atoms with Crippen LogP contribution in [0.2, 0.25) is 0 Å². The maximum Gasteiger partial charge on any atom is 0.262 e. The summed E-state index contributed by atoms with van der Waals surface area (Å²) in [5.41, 5.74) is 2.23. The van der Waals surface area contributed by atoms with Gasteiger partial charge in [-0.25, -0.2) is 0 Å². The molecule has 0 atom stereocenters. The van der Waals surface area contributed by atoms with Crippen molar-refractivity contribution in [3.8, 4) is 5.75 Å². The molecule has 2 aromatic carbocycles. The molecule has 0 unspecified atom stereocenters. The maximum absolute atomic E-state index is 12.6. The summed E-state index contributed by atoms with van der Waals surface area (Å²) in [5.74, 6) is 0.506. The molecule has 0 spiro atoms. The minimum absolute atomic E-state index is 0.0638. The summed E-state index contributed by atoms with van der Waals surface area (Å²) < 4.78 is 5.46. The molecular formula is C21H24N2O3. The highest BCUT2D eigenvalue weighted by Crippen LogP contribution is 2.34. The molecule has 5 heteroatoms. The molecule has 2 amide bonds. The summed E-state index contributed by atoms with van der Waals surface area (Å²) >= 11 is 0. The van der Waals surface area contributed by atoms with Crippen molar-refractivity contribution in [1.82, 2.24) is 0 Å². The topological polar surface area (TPSA) is 58.6 Å². The lowest BCUT2D eigenvalue weighted by Crippen LogP contribution is -2.38. The average Bonchev–Trinajstić information content (AvgIpc) is 3.02. The largest absolute Gasteiger partial charge is 0.484 e. The molecule has 0 aromatic heterocycles. The number of benzene rings is 2. The van der Waals surface area contributed by atoms with Crippen LogP contribution in [0.25, 0.3) is 0 Å². The molecule has 26 heavy (non-hydrogen) atoms. The SMILES string of the molecule is CC(C)(C)C(=O)N1CCc2ccc(NC(=O)COc3ccccc3)cc21. The van der Waals surface area contributed by atoms with Gasteiger partial charge in [0.25, 0.3) is 5.91 Å². The highest BCUT2D eigenvalue weighted by molar-refractivity contribution is 6.00. The van der Waals surface area contributed by atoms with Crippen LogP contribution in [0.3, 0.4) is 0 Å². The highest BCUT2D eigenvalue weighted by Gasteiger charge is 2.32. The Morgan fingerprint density at radius 2 is 1.85 bits per heavy atom. The molecule has 1 aliphatic rings. The summed E-state index contributed by atoms with van der Waals surface area (Å²) in [5, 5.41) is 2.84. The van der Waals surface area contributed by atoms with Gasteiger partial charge in [0, 0.05) is 23.3 Å². The van der Waals surface area contributed by atoms with Crippen molar-refractivity contribution >= 4 is 23.2 Å². The number of carbonyl (C=O) groups is 2. The number of para-hydroxylation sites is 1. The van der Waals surface area contributed by atoms with Crippen molar-refractivity contribution in [3.05, 3.63) is 54.1 Å². The van der Waals surface area contributed by atoms with E-state index in [2.05, 4.69) is 5.32 Å². The third-order valence-corrected chi connectivity index (χ3v) is 4.26. The van der Waals surface area contributed by atoms with E-state index in [0.717, 1.165) is 17.7 Å². The fraction of sp³-hybridized carbons (Fsp3) is 0.333. The van der Waals surface area contributed by atoms with Gasteiger partial charge in [-0.15, -0.1) is 0 Å². The normalized spacial score (nSPS) is 13.3. The number of rotatable bonds is 4. The Balaban J connectivity index is 1.67. The molecule has 0 radical (unpaired) electrons. The molecule has 1 aliphatic heterocycles. The van der Waals surface area contributed by atoms with Crippen LogP contribution in [0, 0.1) is 5.41 Å². The molecule has 3 rings (SSSR count). The van der Waals surface area contributed by atoms with Gasteiger partial charge in [-0.2, -0.15) is 0 Å². The monoisotopic (exact) mass is 352 g/mol. The number of nitrogens with one attached hydrogen (secondary N) is 1. The first-order valence-corrected chi connectivity index (χ1v) is 8.77. The van der Waals surface area contributed by atoms with Crippen LogP contribution < -0.4 is 15.0 Å². The molecule has 1 N–H and O–H groups in total. The van der Waals surface area contributed by atoms with E-state index in [1.807, 2.05) is 62.1 Å². The number of nitrogens with zero attached hydrogens (tertiary/aromatic N) is 1. The van der Waals surface area contributed by atoms with Crippen LogP contribution in [0.15, 0.2) is 48.5 Å². The van der Waals surface area contributed by atoms with Gasteiger partial charge in [0.1, 0.15) is 5.75 Å². The van der Waals surface area contributed by atoms with Crippen molar-refractivity contribution < 1.29 is 14.3 Å². The lowest BCUT2D eigenvalue weighted by molar-refractivity contribution is -0.125. The smallest absolute Gasteiger partial charge is 0.262 e. The van der Waals surface area contributed by atoms with Crippen molar-refractivity contribution in [2.24, 2.45) is 5.41 Å². The van der Waals surface area contributed by atoms with Gasteiger partial charge in [-0.3, -0.25) is 9.59 Å². The molecule has 0 saturated heterocycles. The zero-order chi connectivity index (χ0) is 18.7. The fourth-order valence-electron chi connectivity index (χ4n) is 2.94. The van der Waals surface area contributed by atoms with Crippen LogP contribution in [0.5, 0.6) is 5.75 Å². The first kappa shape index (κ1) is 18.0. The number of ether oxygens (including phenoxy) is 1. The third kappa shape index (κ3) is 4.04. The predicted octanol–water partition coefficient (Wildman–Crippen LogP) is 3.64. The predicted molar refractivity (Wildman–Crippen MR) is 103 cm³/mol. The summed E-state index contributed by atoms with van der Waals surface area (Å²) in [6.07, 6.45) is 0.836. The Kier molecular flexibility index (Phi) is 4.98. The summed E-state index contributed by atoms with van der Waals surface area (Å²) in [7, 11) is 0. The second kappa shape index (κ2) is 7.20. The first-order valence-electron chi connectivity index (χ1n) is 8.77. The zero-order valence-electron chi connectivity index (χ0n) is 15.4. The van der Waals surface area contributed by atoms with Gasteiger partial charge in [0.2, 0.25) is 5.91 Å². The van der Waals surface area contributed by atoms with Gasteiger partial charge in [0.15, 0.2) is 6.61 Å². The minimum Gasteiger partial charge on any atom is -0.484 e. The number of carbonyl (C=O) groups excluding carboxylic acids is 2. The molecule has 136 valence electrons. The molecule has 5 nitrogen and oxygen atoms in total. The average molecular weight is 352 g/mol. The number of hydrogen-bond donors (Lipinski definition) is 1. The Bertz CT molecular complexity index is 810. The second-order valence-corrected chi connectivity index (χ2v) is 7.45. The zero-order valence-corrected chi connectivity index (χ0v) is 15.4. The Morgan fingerprint density at radius 3 is 2.54 bits per heavy atom. The maximum atomic E-state index is 12.6. The Hall–Kier alpha value is -2.82. The quantitative estimate of drug-likeness (QED) is 0.914. The third-order valence-electron chi connectivity index (χ3n) is 4.26. The molecular weight excluding hydrogens is 328 g/mol. The van der Waals surface area contributed by atoms with E-state index in [-0.39, 0.29) is 18.4 Å². The first-order chi connectivity index (χ1) is 12.3. The van der Waals surface area contributed by atoms with Crippen LogP contribution in [0.4, 0.5) is 11.4 Å². The van der Waals surface area contributed by atoms with Gasteiger partial charge in [-0.1, -0.05) is 45.0 Å². The van der Waals surface area contributed by atoms with Crippen molar-refractivity contribution in [3.63, 3.8) is 0 Å². The van der Waals surface area contributed by atoms with Crippen LogP contribution in [0.1, 0.15) is 26.3 Å². The number of anilines is 2. The molecule has 0 bridgehead atoms. The van der Waals surface area contributed by atoms with Crippen LogP contribution >= 0.6 is 0 Å². The molecule has 0 fully saturated rings. The van der Waals surface area contributed by atoms with Gasteiger partial charge < -0.3 is 15.0 Å². The van der Waals surface area contributed by atoms with E-state index in [4.69, 9.17) is 4.74 Å². The van der Waals surface area contributed by atoms with Crippen molar-refractivity contribution in [2.45, 2.75) is 27.2 Å². The highest BCUT2D eigenvalue weighted by atomic mass is 16.5. The van der Waals surface area contributed by atoms with E-state index in [0.29, 0.717) is 18.0 Å². The summed E-state index contributed by atoms with van der Waals surface area (Å²) in [4.78, 5) is 26.6. The van der Waals surface area contributed by atoms with Gasteiger partial charge >= 0.3 is 0 Å². The molecule has 0 saturated carbocycles. The molecule has 0 aliphatic carbocycles. The van der Waals surface area contributed by atoms with Crippen LogP contribution in [-0.2, 0) is 16.0 Å². The van der Waals surface area contributed by atoms with E-state index in [1.54, 1.807) is 12.1 Å². The van der Waals surface area contributed by atoms with Crippen LogP contribution in [-0.4, -0.2) is 25.0 Å². The number of fused-ring (bicyclic) bond motifs is 1. The number of hydrogen-bond acceptors (Lipinski definition) is 3. The Morgan fingerprint density at radius 1 is 1.12 bits per heavy atom. The molecule has 2 aromatic rings. The Labute approximate surface area is 154 Å². The standard InChI is InChI=1S/C21H24N2O3/c1-21(2,3)20(25)23-12-11-15-9-10-16(13-18(15)23)22-19(24)14-26-17-7-5-4-6-8-17/h4-10,13H,11-12,14H2,1-3H3,(H,22,24). The lowest BCUT2D eigenvalue weighted by Gasteiger charge is -2.26. The number of amides is 2. The van der Waals surface area contributed by atoms with Gasteiger partial charge in [-0.05, 0) is 36.2 Å².